The lowest BCUT2D eigenvalue weighted by atomic mass is 9.87. The van der Waals surface area contributed by atoms with Gasteiger partial charge in [0.25, 0.3) is 5.91 Å². The number of Topliss-reactive ketones (excluding diaryl/α,β-unsaturated/α-hetero) is 1. The predicted molar refractivity (Wildman–Crippen MR) is 268 cm³/mol. The van der Waals surface area contributed by atoms with E-state index in [1.807, 2.05) is 25.1 Å². The summed E-state index contributed by atoms with van der Waals surface area (Å²) in [5.41, 5.74) is 4.10. The van der Waals surface area contributed by atoms with Crippen LogP contribution in [0.25, 0.3) is 0 Å². The van der Waals surface area contributed by atoms with Crippen molar-refractivity contribution in [2.45, 2.75) is 82.7 Å². The fourth-order valence-corrected chi connectivity index (χ4v) is 10.7. The van der Waals surface area contributed by atoms with E-state index in [-0.39, 0.29) is 59.4 Å². The van der Waals surface area contributed by atoms with E-state index < -0.39 is 41.6 Å². The molecule has 4 aliphatic rings. The van der Waals surface area contributed by atoms with Gasteiger partial charge in [0, 0.05) is 29.7 Å². The molecule has 16 nitrogen and oxygen atoms in total. The number of β-lactam (4-membered cyclic amide) rings is 2. The first-order chi connectivity index (χ1) is 34.0. The SMILES string of the molecule is COc1ccc(COC(=O)C2=C(C)CSC3[C@H](CC(=O)[C@H](NC(=O)OC(C)(C)C)c4ccccc4)C(=O)N23)cc1.COc1ccc(COC(=O)C2=C(C)CSC3[C@H](N=Cc4ccccc4O)C(=O)N23)cc1. The van der Waals surface area contributed by atoms with Crippen molar-refractivity contribution in [2.75, 3.05) is 25.7 Å². The van der Waals surface area contributed by atoms with Crippen molar-refractivity contribution in [3.63, 3.8) is 0 Å². The van der Waals surface area contributed by atoms with Crippen molar-refractivity contribution in [1.82, 2.24) is 15.1 Å². The molecular formula is C53H56N4O12S2. The minimum atomic E-state index is -0.974. The molecule has 4 aliphatic heterocycles. The van der Waals surface area contributed by atoms with Crippen LogP contribution in [0, 0.1) is 5.92 Å². The van der Waals surface area contributed by atoms with Crippen LogP contribution in [0.5, 0.6) is 17.2 Å². The van der Waals surface area contributed by atoms with Gasteiger partial charge in [0.2, 0.25) is 5.91 Å². The molecular weight excluding hydrogens is 949 g/mol. The Bertz CT molecular complexity index is 2740. The van der Waals surface area contributed by atoms with E-state index in [2.05, 4.69) is 10.3 Å². The molecule has 4 aromatic rings. The lowest BCUT2D eigenvalue weighted by molar-refractivity contribution is -0.156. The van der Waals surface area contributed by atoms with Gasteiger partial charge in [-0.2, -0.15) is 0 Å². The molecule has 5 atom stereocenters. The summed E-state index contributed by atoms with van der Waals surface area (Å²) in [6, 6.07) is 28.5. The molecule has 0 saturated carbocycles. The molecule has 0 radical (unpaired) electrons. The standard InChI is InChI=1S/C30H34N2O7S.C23H22N2O5S/c1-18-17-40-27-22(15-23(33)24(20-9-7-6-8-10-20)31-29(36)39-30(2,3)4)26(34)32(27)25(18)28(35)38-16-19-11-13-21(37-5)14-12-19;1-14-13-31-22-19(24-11-16-5-3-4-6-18(16)26)21(27)25(22)20(14)23(28)30-12-15-7-9-17(29-2)10-8-15/h6-14,22,24,27H,15-17H2,1-5H3,(H,31,36);3-11,19,22,26H,12-13H2,1-2H3/t22-,24-,27?;19-,22?/m11/s1. The second-order valence-corrected chi connectivity index (χ2v) is 20.2. The van der Waals surface area contributed by atoms with Gasteiger partial charge >= 0.3 is 18.0 Å². The lowest BCUT2D eigenvalue weighted by Crippen LogP contribution is -2.64. The van der Waals surface area contributed by atoms with Crippen molar-refractivity contribution in [2.24, 2.45) is 10.9 Å². The minimum absolute atomic E-state index is 0.0520. The first-order valence-electron chi connectivity index (χ1n) is 22.7. The van der Waals surface area contributed by atoms with Crippen molar-refractivity contribution in [3.05, 3.63) is 148 Å². The number of benzene rings is 4. The van der Waals surface area contributed by atoms with Crippen LogP contribution in [0.1, 0.15) is 69.3 Å². The number of phenolic OH excluding ortho intramolecular Hbond substituents is 1. The van der Waals surface area contributed by atoms with Crippen LogP contribution in [0.15, 0.2) is 131 Å². The second kappa shape index (κ2) is 22.8. The summed E-state index contributed by atoms with van der Waals surface area (Å²) in [5, 5.41) is 11.9. The van der Waals surface area contributed by atoms with Gasteiger partial charge in [-0.05, 0) is 98.9 Å². The number of alkyl carbamates (subject to hydrolysis) is 1. The van der Waals surface area contributed by atoms with E-state index in [4.69, 9.17) is 23.7 Å². The zero-order chi connectivity index (χ0) is 51.0. The third-order valence-corrected chi connectivity index (χ3v) is 14.6. The van der Waals surface area contributed by atoms with Gasteiger partial charge in [-0.1, -0.05) is 66.7 Å². The Balaban J connectivity index is 0.000000215. The molecule has 2 N–H and O–H groups in total. The van der Waals surface area contributed by atoms with E-state index in [0.29, 0.717) is 34.1 Å². The maximum atomic E-state index is 13.5. The number of phenols is 1. The topological polar surface area (TPSA) is 200 Å². The maximum absolute atomic E-state index is 13.5. The number of methoxy groups -OCH3 is 2. The molecule has 0 spiro atoms. The number of hydrogen-bond acceptors (Lipinski definition) is 15. The number of aliphatic imine (C=N–C) groups is 1. The molecule has 3 amide bonds. The van der Waals surface area contributed by atoms with Crippen LogP contribution < -0.4 is 14.8 Å². The number of nitrogens with zero attached hydrogens (tertiary/aromatic N) is 3. The molecule has 2 fully saturated rings. The normalized spacial score (nSPS) is 19.8. The lowest BCUT2D eigenvalue weighted by Gasteiger charge is -2.49. The van der Waals surface area contributed by atoms with Gasteiger partial charge in [0.1, 0.15) is 58.9 Å². The van der Waals surface area contributed by atoms with E-state index in [0.717, 1.165) is 28.0 Å². The van der Waals surface area contributed by atoms with E-state index in [1.54, 1.807) is 139 Å². The van der Waals surface area contributed by atoms with E-state index >= 15 is 0 Å². The number of rotatable bonds is 15. The van der Waals surface area contributed by atoms with Crippen molar-refractivity contribution >= 4 is 65.4 Å². The van der Waals surface area contributed by atoms with Crippen LogP contribution in [0.4, 0.5) is 4.79 Å². The highest BCUT2D eigenvalue weighted by atomic mass is 32.2. The fourth-order valence-electron chi connectivity index (χ4n) is 8.03. The highest BCUT2D eigenvalue weighted by molar-refractivity contribution is 8.00. The summed E-state index contributed by atoms with van der Waals surface area (Å²) < 4.78 is 26.7. The number of aromatic hydroxyl groups is 1. The average Bonchev–Trinajstić information content (AvgIpc) is 3.36. The van der Waals surface area contributed by atoms with Gasteiger partial charge in [-0.15, -0.1) is 23.5 Å². The third-order valence-electron chi connectivity index (χ3n) is 11.7. The largest absolute Gasteiger partial charge is 0.507 e. The molecule has 4 aromatic carbocycles. The summed E-state index contributed by atoms with van der Waals surface area (Å²) in [4.78, 5) is 85.3. The monoisotopic (exact) mass is 1000 g/mol. The predicted octanol–water partition coefficient (Wildman–Crippen LogP) is 7.89. The summed E-state index contributed by atoms with van der Waals surface area (Å²) in [5.74, 6) is 0.0715. The van der Waals surface area contributed by atoms with Gasteiger partial charge in [0.05, 0.1) is 25.5 Å². The second-order valence-electron chi connectivity index (χ2n) is 18.0. The highest BCUT2D eigenvalue weighted by Gasteiger charge is 2.55. The molecule has 2 unspecified atom stereocenters. The number of carbonyl (C=O) groups is 6. The van der Waals surface area contributed by atoms with Crippen LogP contribution in [0.2, 0.25) is 0 Å². The molecule has 18 heteroatoms. The molecule has 0 aromatic heterocycles. The minimum Gasteiger partial charge on any atom is -0.507 e. The number of amides is 3. The Labute approximate surface area is 420 Å². The number of nitrogens with one attached hydrogen (secondary N) is 1. The number of ketones is 1. The van der Waals surface area contributed by atoms with E-state index in [1.165, 1.54) is 27.8 Å². The molecule has 8 rings (SSSR count). The Kier molecular flexibility index (Phi) is 16.6. The molecule has 0 aliphatic carbocycles. The van der Waals surface area contributed by atoms with Crippen LogP contribution >= 0.6 is 23.5 Å². The summed E-state index contributed by atoms with van der Waals surface area (Å²) in [7, 11) is 3.16. The number of hydrogen-bond donors (Lipinski definition) is 2. The first kappa shape index (κ1) is 51.8. The molecule has 4 heterocycles. The van der Waals surface area contributed by atoms with Crippen LogP contribution in [-0.2, 0) is 51.4 Å². The Morgan fingerprint density at radius 2 is 1.24 bits per heavy atom. The first-order valence-corrected chi connectivity index (χ1v) is 24.8. The van der Waals surface area contributed by atoms with Crippen LogP contribution in [-0.4, -0.2) is 105 Å². The summed E-state index contributed by atoms with van der Waals surface area (Å²) >= 11 is 3.07. The summed E-state index contributed by atoms with van der Waals surface area (Å²) in [6.45, 7) is 9.01. The van der Waals surface area contributed by atoms with Crippen molar-refractivity contribution < 1.29 is 57.6 Å². The van der Waals surface area contributed by atoms with Gasteiger partial charge < -0.3 is 34.1 Å². The molecule has 372 valence electrons. The quantitative estimate of drug-likeness (QED) is 0.0504. The number of ether oxygens (including phenoxy) is 5. The maximum Gasteiger partial charge on any atom is 0.408 e. The van der Waals surface area contributed by atoms with Crippen LogP contribution in [0.3, 0.4) is 0 Å². The number of thioether (sulfide) groups is 2. The molecule has 0 bridgehead atoms. The average molecular weight is 1010 g/mol. The van der Waals surface area contributed by atoms with Gasteiger partial charge in [-0.25, -0.2) is 14.4 Å². The number of para-hydroxylation sites is 1. The Morgan fingerprint density at radius 1 is 0.732 bits per heavy atom. The highest BCUT2D eigenvalue weighted by Crippen LogP contribution is 2.46. The number of fused-ring (bicyclic) bond motifs is 2. The van der Waals surface area contributed by atoms with Gasteiger partial charge in [0.15, 0.2) is 11.8 Å². The zero-order valence-electron chi connectivity index (χ0n) is 40.4. The fraction of sp³-hybridized carbons (Fsp3) is 0.340. The third kappa shape index (κ3) is 12.3. The van der Waals surface area contributed by atoms with Gasteiger partial charge in [-0.3, -0.25) is 29.2 Å². The number of carbonyl (C=O) groups excluding carboxylic acids is 6. The zero-order valence-corrected chi connectivity index (χ0v) is 42.0. The number of esters is 2. The van der Waals surface area contributed by atoms with Crippen molar-refractivity contribution in [1.29, 1.82) is 0 Å². The molecule has 71 heavy (non-hydrogen) atoms. The van der Waals surface area contributed by atoms with E-state index in [9.17, 15) is 33.9 Å². The smallest absolute Gasteiger partial charge is 0.408 e. The summed E-state index contributed by atoms with van der Waals surface area (Å²) in [6.07, 6.45) is 0.696. The molecule has 2 saturated heterocycles. The Hall–Kier alpha value is -7.05. The van der Waals surface area contributed by atoms with Crippen molar-refractivity contribution in [3.8, 4) is 17.2 Å². The Morgan fingerprint density at radius 3 is 1.76 bits per heavy atom.